The number of amides is 2. The van der Waals surface area contributed by atoms with Gasteiger partial charge >= 0.3 is 6.18 Å². The van der Waals surface area contributed by atoms with Gasteiger partial charge in [-0.1, -0.05) is 0 Å². The fourth-order valence-electron chi connectivity index (χ4n) is 2.80. The van der Waals surface area contributed by atoms with Gasteiger partial charge in [0, 0.05) is 25.8 Å². The number of aromatic nitrogens is 4. The molecule has 0 bridgehead atoms. The van der Waals surface area contributed by atoms with E-state index in [1.165, 1.54) is 10.9 Å². The molecule has 0 unspecified atom stereocenters. The van der Waals surface area contributed by atoms with Gasteiger partial charge < -0.3 is 15.0 Å². The number of halogens is 3. The largest absolute Gasteiger partial charge is 0.435 e. The number of nitrogens with zero attached hydrogens (tertiary/aromatic N) is 5. The van der Waals surface area contributed by atoms with Crippen LogP contribution in [0.25, 0.3) is 0 Å². The van der Waals surface area contributed by atoms with Crippen molar-refractivity contribution in [1.82, 2.24) is 24.5 Å². The number of alkyl halides is 3. The number of nitrogens with one attached hydrogen (secondary N) is 1. The summed E-state index contributed by atoms with van der Waals surface area (Å²) in [6.07, 6.45) is -2.17. The molecule has 1 aliphatic rings. The summed E-state index contributed by atoms with van der Waals surface area (Å²) >= 11 is 0. The molecule has 1 fully saturated rings. The number of rotatable bonds is 5. The second-order valence-corrected chi connectivity index (χ2v) is 6.07. The second kappa shape index (κ2) is 8.00. The van der Waals surface area contributed by atoms with Crippen LogP contribution >= 0.6 is 0 Å². The van der Waals surface area contributed by atoms with Crippen LogP contribution in [0.3, 0.4) is 0 Å². The Morgan fingerprint density at radius 2 is 2.00 bits per heavy atom. The van der Waals surface area contributed by atoms with E-state index in [4.69, 9.17) is 4.74 Å². The topological polar surface area (TPSA) is 94.3 Å². The van der Waals surface area contributed by atoms with Crippen LogP contribution in [0.5, 0.6) is 0 Å². The van der Waals surface area contributed by atoms with Gasteiger partial charge in [-0.3, -0.25) is 19.0 Å². The first kappa shape index (κ1) is 19.9. The molecule has 0 atom stereocenters. The summed E-state index contributed by atoms with van der Waals surface area (Å²) in [5, 5.41) is 9.97. The van der Waals surface area contributed by atoms with E-state index in [1.807, 2.05) is 0 Å². The van der Waals surface area contributed by atoms with Crippen molar-refractivity contribution in [2.45, 2.75) is 26.2 Å². The van der Waals surface area contributed by atoms with Gasteiger partial charge in [-0.2, -0.15) is 23.4 Å². The summed E-state index contributed by atoms with van der Waals surface area (Å²) in [5.41, 5.74) is -0.664. The van der Waals surface area contributed by atoms with E-state index in [-0.39, 0.29) is 17.3 Å². The standard InChI is InChI=1S/C16H19F3N6O3/c1-2-25-14(15(27)23-5-7-28-8-6-23)11(9-20-25)21-13(26)10-24-4-3-12(22-24)16(17,18)19/h3-4,9H,2,5-8,10H2,1H3,(H,21,26). The molecule has 3 rings (SSSR count). The minimum absolute atomic E-state index is 0.201. The van der Waals surface area contributed by atoms with E-state index < -0.39 is 24.3 Å². The highest BCUT2D eigenvalue weighted by Crippen LogP contribution is 2.27. The molecule has 28 heavy (non-hydrogen) atoms. The number of aryl methyl sites for hydroxylation is 1. The number of ether oxygens (including phenoxy) is 1. The van der Waals surface area contributed by atoms with Crippen LogP contribution in [0.1, 0.15) is 23.1 Å². The molecular weight excluding hydrogens is 381 g/mol. The van der Waals surface area contributed by atoms with Crippen LogP contribution in [-0.4, -0.2) is 62.6 Å². The molecule has 0 aliphatic carbocycles. The third-order valence-corrected chi connectivity index (χ3v) is 4.15. The van der Waals surface area contributed by atoms with Crippen LogP contribution in [0.4, 0.5) is 18.9 Å². The highest BCUT2D eigenvalue weighted by molar-refractivity contribution is 6.02. The minimum atomic E-state index is -4.58. The van der Waals surface area contributed by atoms with Crippen LogP contribution in [0.2, 0.25) is 0 Å². The zero-order valence-electron chi connectivity index (χ0n) is 15.1. The van der Waals surface area contributed by atoms with Crippen molar-refractivity contribution in [3.8, 4) is 0 Å². The van der Waals surface area contributed by atoms with Crippen molar-refractivity contribution in [3.05, 3.63) is 29.8 Å². The first-order valence-electron chi connectivity index (χ1n) is 8.63. The van der Waals surface area contributed by atoms with E-state index >= 15 is 0 Å². The van der Waals surface area contributed by atoms with E-state index in [9.17, 15) is 22.8 Å². The average molecular weight is 400 g/mol. The first-order chi connectivity index (χ1) is 13.3. The maximum atomic E-state index is 12.8. The fraction of sp³-hybridized carbons (Fsp3) is 0.500. The van der Waals surface area contributed by atoms with Crippen molar-refractivity contribution in [2.24, 2.45) is 0 Å². The Hall–Kier alpha value is -2.89. The molecule has 9 nitrogen and oxygen atoms in total. The summed E-state index contributed by atoms with van der Waals surface area (Å²) < 4.78 is 45.4. The Morgan fingerprint density at radius 3 is 2.61 bits per heavy atom. The van der Waals surface area contributed by atoms with Gasteiger partial charge in [0.25, 0.3) is 5.91 Å². The minimum Gasteiger partial charge on any atom is -0.378 e. The van der Waals surface area contributed by atoms with E-state index in [0.717, 1.165) is 16.9 Å². The molecule has 2 aromatic heterocycles. The van der Waals surface area contributed by atoms with Gasteiger partial charge in [-0.25, -0.2) is 0 Å². The first-order valence-corrected chi connectivity index (χ1v) is 8.63. The Morgan fingerprint density at radius 1 is 1.29 bits per heavy atom. The Bertz CT molecular complexity index is 854. The lowest BCUT2D eigenvalue weighted by Crippen LogP contribution is -2.41. The molecule has 3 heterocycles. The smallest absolute Gasteiger partial charge is 0.378 e. The van der Waals surface area contributed by atoms with Crippen molar-refractivity contribution in [2.75, 3.05) is 31.6 Å². The number of carbonyl (C=O) groups is 2. The lowest BCUT2D eigenvalue weighted by molar-refractivity contribution is -0.141. The summed E-state index contributed by atoms with van der Waals surface area (Å²) in [4.78, 5) is 26.7. The quantitative estimate of drug-likeness (QED) is 0.815. The molecule has 2 amide bonds. The van der Waals surface area contributed by atoms with Crippen molar-refractivity contribution >= 4 is 17.5 Å². The van der Waals surface area contributed by atoms with Crippen LogP contribution in [-0.2, 0) is 28.8 Å². The Kier molecular flexibility index (Phi) is 5.68. The van der Waals surface area contributed by atoms with Crippen molar-refractivity contribution in [3.63, 3.8) is 0 Å². The number of hydrogen-bond donors (Lipinski definition) is 1. The summed E-state index contributed by atoms with van der Waals surface area (Å²) in [6.45, 7) is 3.48. The van der Waals surface area contributed by atoms with Gasteiger partial charge in [0.2, 0.25) is 5.91 Å². The number of hydrogen-bond acceptors (Lipinski definition) is 5. The predicted octanol–water partition coefficient (Wildman–Crippen LogP) is 1.23. The zero-order chi connectivity index (χ0) is 20.3. The molecular formula is C16H19F3N6O3. The van der Waals surface area contributed by atoms with Gasteiger partial charge in [-0.15, -0.1) is 0 Å². The summed E-state index contributed by atoms with van der Waals surface area (Å²) in [7, 11) is 0. The number of carbonyl (C=O) groups excluding carboxylic acids is 2. The Labute approximate surface area is 158 Å². The molecule has 152 valence electrons. The second-order valence-electron chi connectivity index (χ2n) is 6.07. The van der Waals surface area contributed by atoms with Crippen LogP contribution < -0.4 is 5.32 Å². The predicted molar refractivity (Wildman–Crippen MR) is 90.5 cm³/mol. The van der Waals surface area contributed by atoms with E-state index in [0.29, 0.717) is 32.8 Å². The lowest BCUT2D eigenvalue weighted by Gasteiger charge is -2.27. The summed E-state index contributed by atoms with van der Waals surface area (Å²) in [5.74, 6) is -0.917. The molecule has 0 spiro atoms. The number of anilines is 1. The maximum absolute atomic E-state index is 12.8. The van der Waals surface area contributed by atoms with E-state index in [2.05, 4.69) is 15.5 Å². The molecule has 0 radical (unpaired) electrons. The molecule has 2 aromatic rings. The molecule has 1 aliphatic heterocycles. The highest BCUT2D eigenvalue weighted by atomic mass is 19.4. The third kappa shape index (κ3) is 4.32. The zero-order valence-corrected chi connectivity index (χ0v) is 15.1. The van der Waals surface area contributed by atoms with Gasteiger partial charge in [0.05, 0.1) is 25.1 Å². The Balaban J connectivity index is 1.73. The summed E-state index contributed by atoms with van der Waals surface area (Å²) in [6, 6.07) is 0.787. The average Bonchev–Trinajstić information content (AvgIpc) is 3.28. The van der Waals surface area contributed by atoms with Gasteiger partial charge in [0.1, 0.15) is 12.2 Å². The monoisotopic (exact) mass is 400 g/mol. The maximum Gasteiger partial charge on any atom is 0.435 e. The van der Waals surface area contributed by atoms with Gasteiger partial charge in [-0.05, 0) is 13.0 Å². The van der Waals surface area contributed by atoms with Crippen molar-refractivity contribution in [1.29, 1.82) is 0 Å². The SMILES string of the molecule is CCn1ncc(NC(=O)Cn2ccc(C(F)(F)F)n2)c1C(=O)N1CCOCC1. The van der Waals surface area contributed by atoms with Crippen molar-refractivity contribution < 1.29 is 27.5 Å². The highest BCUT2D eigenvalue weighted by Gasteiger charge is 2.33. The molecule has 0 aromatic carbocycles. The molecule has 1 N–H and O–H groups in total. The molecule has 12 heteroatoms. The van der Waals surface area contributed by atoms with Crippen LogP contribution in [0, 0.1) is 0 Å². The van der Waals surface area contributed by atoms with E-state index in [1.54, 1.807) is 11.8 Å². The number of morpholine rings is 1. The fourth-order valence-corrected chi connectivity index (χ4v) is 2.80. The van der Waals surface area contributed by atoms with Gasteiger partial charge in [0.15, 0.2) is 5.69 Å². The normalized spacial score (nSPS) is 14.9. The molecule has 1 saturated heterocycles. The third-order valence-electron chi connectivity index (χ3n) is 4.15. The lowest BCUT2D eigenvalue weighted by atomic mass is 10.2. The van der Waals surface area contributed by atoms with Crippen LogP contribution in [0.15, 0.2) is 18.5 Å². The molecule has 0 saturated carbocycles.